The first-order valence-corrected chi connectivity index (χ1v) is 6.68. The summed E-state index contributed by atoms with van der Waals surface area (Å²) >= 11 is 0. The van der Waals surface area contributed by atoms with Gasteiger partial charge in [-0.05, 0) is 37.8 Å². The number of phenolic OH excluding ortho intramolecular Hbond substituents is 1. The molecule has 5 nitrogen and oxygen atoms in total. The van der Waals surface area contributed by atoms with Gasteiger partial charge in [0, 0.05) is 30.9 Å². The summed E-state index contributed by atoms with van der Waals surface area (Å²) in [6.45, 7) is 0.815. The molecule has 104 valence electrons. The van der Waals surface area contributed by atoms with E-state index in [2.05, 4.69) is 5.32 Å². The minimum atomic E-state index is -0.163. The van der Waals surface area contributed by atoms with Gasteiger partial charge in [0.05, 0.1) is 0 Å². The predicted molar refractivity (Wildman–Crippen MR) is 73.2 cm³/mol. The fourth-order valence-corrected chi connectivity index (χ4v) is 2.50. The van der Waals surface area contributed by atoms with Gasteiger partial charge < -0.3 is 20.4 Å². The van der Waals surface area contributed by atoms with E-state index in [9.17, 15) is 9.90 Å². The van der Waals surface area contributed by atoms with Gasteiger partial charge in [0.25, 0.3) is 0 Å². The second-order valence-electron chi connectivity index (χ2n) is 4.84. The number of piperidine rings is 1. The lowest BCUT2D eigenvalue weighted by Crippen LogP contribution is -2.46. The quantitative estimate of drug-likeness (QED) is 0.783. The van der Waals surface area contributed by atoms with Crippen molar-refractivity contribution in [2.45, 2.75) is 31.7 Å². The lowest BCUT2D eigenvalue weighted by atomic mass is 10.0. The van der Waals surface area contributed by atoms with Gasteiger partial charge in [0.15, 0.2) is 0 Å². The molecular weight excluding hydrogens is 244 g/mol. The fourth-order valence-electron chi connectivity index (χ4n) is 2.50. The van der Waals surface area contributed by atoms with E-state index in [1.807, 2.05) is 0 Å². The molecule has 2 amide bonds. The standard InChI is InChI=1S/C14H20N2O3/c17-9-7-12-5-1-2-8-16(12)14(19)15-11-4-3-6-13(18)10-11/h3-4,6,10,12,17-18H,1-2,5,7-9H2,(H,15,19). The fraction of sp³-hybridized carbons (Fsp3) is 0.500. The maximum absolute atomic E-state index is 12.2. The molecule has 1 fully saturated rings. The van der Waals surface area contributed by atoms with Crippen LogP contribution in [0.1, 0.15) is 25.7 Å². The second kappa shape index (κ2) is 6.43. The highest BCUT2D eigenvalue weighted by molar-refractivity contribution is 5.89. The number of nitrogens with one attached hydrogen (secondary N) is 1. The predicted octanol–water partition coefficient (Wildman–Crippen LogP) is 2.16. The number of urea groups is 1. The third-order valence-electron chi connectivity index (χ3n) is 3.45. The highest BCUT2D eigenvalue weighted by atomic mass is 16.3. The van der Waals surface area contributed by atoms with Crippen molar-refractivity contribution < 1.29 is 15.0 Å². The first-order chi connectivity index (χ1) is 9.20. The van der Waals surface area contributed by atoms with Gasteiger partial charge >= 0.3 is 6.03 Å². The van der Waals surface area contributed by atoms with Gasteiger partial charge in [-0.15, -0.1) is 0 Å². The Labute approximate surface area is 112 Å². The molecule has 19 heavy (non-hydrogen) atoms. The summed E-state index contributed by atoms with van der Waals surface area (Å²) in [7, 11) is 0. The number of aliphatic hydroxyl groups is 1. The van der Waals surface area contributed by atoms with Crippen LogP contribution in [0.15, 0.2) is 24.3 Å². The van der Waals surface area contributed by atoms with Crippen molar-refractivity contribution in [2.24, 2.45) is 0 Å². The maximum Gasteiger partial charge on any atom is 0.322 e. The van der Waals surface area contributed by atoms with Gasteiger partial charge in [-0.25, -0.2) is 4.79 Å². The van der Waals surface area contributed by atoms with E-state index in [0.717, 1.165) is 25.8 Å². The normalized spacial score (nSPS) is 19.2. The van der Waals surface area contributed by atoms with E-state index in [4.69, 9.17) is 5.11 Å². The minimum absolute atomic E-state index is 0.0978. The molecule has 0 radical (unpaired) electrons. The molecule has 1 aromatic rings. The summed E-state index contributed by atoms with van der Waals surface area (Å²) in [4.78, 5) is 14.0. The number of carbonyl (C=O) groups excluding carboxylic acids is 1. The molecule has 1 aromatic carbocycles. The largest absolute Gasteiger partial charge is 0.508 e. The first-order valence-electron chi connectivity index (χ1n) is 6.68. The Morgan fingerprint density at radius 2 is 2.26 bits per heavy atom. The lowest BCUT2D eigenvalue weighted by Gasteiger charge is -2.35. The van der Waals surface area contributed by atoms with Crippen LogP contribution in [0.2, 0.25) is 0 Å². The molecule has 1 unspecified atom stereocenters. The van der Waals surface area contributed by atoms with E-state index in [1.165, 1.54) is 6.07 Å². The van der Waals surface area contributed by atoms with Gasteiger partial charge in [0.2, 0.25) is 0 Å². The molecule has 0 aliphatic carbocycles. The topological polar surface area (TPSA) is 72.8 Å². The molecule has 5 heteroatoms. The number of hydrogen-bond donors (Lipinski definition) is 3. The number of nitrogens with zero attached hydrogens (tertiary/aromatic N) is 1. The van der Waals surface area contributed by atoms with Crippen molar-refractivity contribution in [2.75, 3.05) is 18.5 Å². The van der Waals surface area contributed by atoms with Crippen LogP contribution in [-0.2, 0) is 0 Å². The number of hydrogen-bond acceptors (Lipinski definition) is 3. The maximum atomic E-state index is 12.2. The molecule has 3 N–H and O–H groups in total. The molecule has 0 aromatic heterocycles. The highest BCUT2D eigenvalue weighted by Gasteiger charge is 2.26. The molecule has 1 atom stereocenters. The smallest absolute Gasteiger partial charge is 0.322 e. The Kier molecular flexibility index (Phi) is 4.63. The molecule has 1 aliphatic heterocycles. The van der Waals surface area contributed by atoms with Gasteiger partial charge in [-0.2, -0.15) is 0 Å². The van der Waals surface area contributed by atoms with Gasteiger partial charge in [-0.1, -0.05) is 6.07 Å². The zero-order chi connectivity index (χ0) is 13.7. The van der Waals surface area contributed by atoms with Crippen molar-refractivity contribution in [3.8, 4) is 5.75 Å². The van der Waals surface area contributed by atoms with Gasteiger partial charge in [0.1, 0.15) is 5.75 Å². The van der Waals surface area contributed by atoms with Crippen LogP contribution >= 0.6 is 0 Å². The van der Waals surface area contributed by atoms with E-state index in [1.54, 1.807) is 23.1 Å². The molecule has 1 heterocycles. The zero-order valence-electron chi connectivity index (χ0n) is 10.9. The summed E-state index contributed by atoms with van der Waals surface area (Å²) < 4.78 is 0. The molecule has 0 bridgehead atoms. The van der Waals surface area contributed by atoms with Crippen molar-refractivity contribution >= 4 is 11.7 Å². The number of aromatic hydroxyl groups is 1. The molecule has 1 saturated heterocycles. The number of amides is 2. The Morgan fingerprint density at radius 3 is 3.00 bits per heavy atom. The number of likely N-dealkylation sites (tertiary alicyclic amines) is 1. The van der Waals surface area contributed by atoms with Crippen LogP contribution in [-0.4, -0.2) is 40.3 Å². The molecule has 0 saturated carbocycles. The van der Waals surface area contributed by atoms with Crippen LogP contribution in [0.3, 0.4) is 0 Å². The summed E-state index contributed by atoms with van der Waals surface area (Å²) in [6.07, 6.45) is 3.65. The SMILES string of the molecule is O=C(Nc1cccc(O)c1)N1CCCCC1CCO. The number of phenols is 1. The van der Waals surface area contributed by atoms with Crippen LogP contribution in [0.25, 0.3) is 0 Å². The molecule has 0 spiro atoms. The third-order valence-corrected chi connectivity index (χ3v) is 3.45. The number of anilines is 1. The average molecular weight is 264 g/mol. The minimum Gasteiger partial charge on any atom is -0.508 e. The number of benzene rings is 1. The van der Waals surface area contributed by atoms with Crippen molar-refractivity contribution in [1.29, 1.82) is 0 Å². The molecule has 2 rings (SSSR count). The van der Waals surface area contributed by atoms with E-state index in [0.29, 0.717) is 12.1 Å². The summed E-state index contributed by atoms with van der Waals surface area (Å²) in [6, 6.07) is 6.45. The highest BCUT2D eigenvalue weighted by Crippen LogP contribution is 2.21. The Bertz CT molecular complexity index is 434. The summed E-state index contributed by atoms with van der Waals surface area (Å²) in [5.41, 5.74) is 0.582. The average Bonchev–Trinajstić information content (AvgIpc) is 2.39. The van der Waals surface area contributed by atoms with Crippen LogP contribution in [0, 0.1) is 0 Å². The second-order valence-corrected chi connectivity index (χ2v) is 4.84. The van der Waals surface area contributed by atoms with Crippen molar-refractivity contribution in [1.82, 2.24) is 4.90 Å². The van der Waals surface area contributed by atoms with Crippen LogP contribution < -0.4 is 5.32 Å². The van der Waals surface area contributed by atoms with Crippen molar-refractivity contribution in [3.63, 3.8) is 0 Å². The third kappa shape index (κ3) is 3.61. The zero-order valence-corrected chi connectivity index (χ0v) is 10.9. The number of rotatable bonds is 3. The van der Waals surface area contributed by atoms with E-state index >= 15 is 0 Å². The molecular formula is C14H20N2O3. The summed E-state index contributed by atoms with van der Waals surface area (Å²) in [5.74, 6) is 0.128. The first kappa shape index (κ1) is 13.7. The number of aliphatic hydroxyl groups excluding tert-OH is 1. The summed E-state index contributed by atoms with van der Waals surface area (Å²) in [5, 5.41) is 21.2. The Morgan fingerprint density at radius 1 is 1.42 bits per heavy atom. The van der Waals surface area contributed by atoms with Crippen molar-refractivity contribution in [3.05, 3.63) is 24.3 Å². The Balaban J connectivity index is 2.01. The monoisotopic (exact) mass is 264 g/mol. The number of carbonyl (C=O) groups is 1. The van der Waals surface area contributed by atoms with E-state index < -0.39 is 0 Å². The lowest BCUT2D eigenvalue weighted by molar-refractivity contribution is 0.141. The molecule has 1 aliphatic rings. The van der Waals surface area contributed by atoms with Crippen LogP contribution in [0.5, 0.6) is 5.75 Å². The van der Waals surface area contributed by atoms with E-state index in [-0.39, 0.29) is 24.4 Å². The Hall–Kier alpha value is -1.75. The van der Waals surface area contributed by atoms with Gasteiger partial charge in [-0.3, -0.25) is 0 Å². The van der Waals surface area contributed by atoms with Crippen LogP contribution in [0.4, 0.5) is 10.5 Å².